The summed E-state index contributed by atoms with van der Waals surface area (Å²) in [6, 6.07) is 6.03. The first kappa shape index (κ1) is 16.9. The fourth-order valence-corrected chi connectivity index (χ4v) is 4.00. The molecule has 2 fully saturated rings. The van der Waals surface area contributed by atoms with Crippen LogP contribution in [-0.2, 0) is 11.8 Å². The maximum Gasteiger partial charge on any atom is 0.410 e. The van der Waals surface area contributed by atoms with Gasteiger partial charge in [0.15, 0.2) is 5.69 Å². The van der Waals surface area contributed by atoms with Gasteiger partial charge in [0.05, 0.1) is 12.1 Å². The molecule has 0 aliphatic carbocycles. The molecule has 2 aromatic rings. The van der Waals surface area contributed by atoms with E-state index in [0.717, 1.165) is 16.5 Å². The van der Waals surface area contributed by atoms with E-state index in [4.69, 9.17) is 4.74 Å². The highest BCUT2D eigenvalue weighted by Gasteiger charge is 2.47. The molecule has 0 saturated carbocycles. The Hall–Kier alpha value is -2.57. The Morgan fingerprint density at radius 1 is 1.31 bits per heavy atom. The summed E-state index contributed by atoms with van der Waals surface area (Å²) >= 11 is 0. The molecule has 0 radical (unpaired) electrons. The Morgan fingerprint density at radius 3 is 2.69 bits per heavy atom. The van der Waals surface area contributed by atoms with E-state index in [1.807, 2.05) is 44.0 Å². The van der Waals surface area contributed by atoms with Crippen molar-refractivity contribution in [3.05, 3.63) is 29.5 Å². The first-order valence-corrected chi connectivity index (χ1v) is 9.13. The van der Waals surface area contributed by atoms with E-state index in [1.165, 1.54) is 0 Å². The molecule has 2 saturated heterocycles. The summed E-state index contributed by atoms with van der Waals surface area (Å²) < 4.78 is 7.40. The van der Waals surface area contributed by atoms with Crippen LogP contribution in [0.25, 0.3) is 10.9 Å². The fraction of sp³-hybridized carbons (Fsp3) is 0.526. The van der Waals surface area contributed by atoms with Crippen molar-refractivity contribution >= 4 is 22.9 Å². The smallest absolute Gasteiger partial charge is 0.410 e. The van der Waals surface area contributed by atoms with Crippen molar-refractivity contribution in [3.8, 4) is 0 Å². The zero-order valence-electron chi connectivity index (χ0n) is 15.5. The van der Waals surface area contributed by atoms with Crippen LogP contribution in [0.1, 0.15) is 35.8 Å². The number of ether oxygens (including phenoxy) is 1. The van der Waals surface area contributed by atoms with E-state index >= 15 is 0 Å². The number of hydrogen-bond acceptors (Lipinski definition) is 4. The normalized spacial score (nSPS) is 19.4. The van der Waals surface area contributed by atoms with Gasteiger partial charge in [-0.05, 0) is 26.0 Å². The molecule has 0 unspecified atom stereocenters. The number of rotatable bonds is 2. The van der Waals surface area contributed by atoms with Gasteiger partial charge in [-0.25, -0.2) is 4.79 Å². The molecular formula is C19H24N4O3. The second-order valence-corrected chi connectivity index (χ2v) is 7.35. The number of fused-ring (bicyclic) bond motifs is 1. The molecule has 2 aliphatic heterocycles. The van der Waals surface area contributed by atoms with E-state index in [-0.39, 0.29) is 12.0 Å². The van der Waals surface area contributed by atoms with Crippen LogP contribution >= 0.6 is 0 Å². The summed E-state index contributed by atoms with van der Waals surface area (Å²) in [5.41, 5.74) is 2.12. The minimum atomic E-state index is -0.438. The van der Waals surface area contributed by atoms with Crippen molar-refractivity contribution in [1.82, 2.24) is 19.6 Å². The summed E-state index contributed by atoms with van der Waals surface area (Å²) in [7, 11) is 1.86. The maximum absolute atomic E-state index is 13.1. The number of likely N-dealkylation sites (tertiary alicyclic amines) is 1. The van der Waals surface area contributed by atoms with Crippen LogP contribution in [0.4, 0.5) is 4.79 Å². The van der Waals surface area contributed by atoms with Crippen molar-refractivity contribution < 1.29 is 14.3 Å². The van der Waals surface area contributed by atoms with E-state index in [2.05, 4.69) is 5.10 Å². The molecule has 2 amide bonds. The standard InChI is InChI=1S/C19H24N4O3/c1-4-22-12-19(26-18(22)25)7-9-23(10-8-19)17(24)16-14-11-13(2)5-6-15(14)21(3)20-16/h5-6,11H,4,7-10,12H2,1-3H3. The van der Waals surface area contributed by atoms with Crippen molar-refractivity contribution in [1.29, 1.82) is 0 Å². The average molecular weight is 356 g/mol. The number of nitrogens with zero attached hydrogens (tertiary/aromatic N) is 4. The van der Waals surface area contributed by atoms with Crippen LogP contribution < -0.4 is 0 Å². The van der Waals surface area contributed by atoms with Crippen molar-refractivity contribution in [2.45, 2.75) is 32.3 Å². The molecule has 0 bridgehead atoms. The van der Waals surface area contributed by atoms with Crippen LogP contribution in [0.3, 0.4) is 0 Å². The molecule has 138 valence electrons. The molecular weight excluding hydrogens is 332 g/mol. The molecule has 7 heteroatoms. The van der Waals surface area contributed by atoms with Gasteiger partial charge in [0, 0.05) is 44.9 Å². The number of amides is 2. The topological polar surface area (TPSA) is 67.7 Å². The first-order chi connectivity index (χ1) is 12.4. The van der Waals surface area contributed by atoms with Crippen LogP contribution in [0, 0.1) is 6.92 Å². The van der Waals surface area contributed by atoms with Gasteiger partial charge in [-0.15, -0.1) is 0 Å². The van der Waals surface area contributed by atoms with Gasteiger partial charge >= 0.3 is 6.09 Å². The Balaban J connectivity index is 1.53. The van der Waals surface area contributed by atoms with Gasteiger partial charge < -0.3 is 14.5 Å². The molecule has 7 nitrogen and oxygen atoms in total. The average Bonchev–Trinajstić information content (AvgIpc) is 3.11. The lowest BCUT2D eigenvalue weighted by Crippen LogP contribution is -2.48. The number of benzene rings is 1. The molecule has 4 rings (SSSR count). The first-order valence-electron chi connectivity index (χ1n) is 9.13. The van der Waals surface area contributed by atoms with Crippen LogP contribution in [0.2, 0.25) is 0 Å². The van der Waals surface area contributed by atoms with Gasteiger partial charge in [-0.3, -0.25) is 9.48 Å². The summed E-state index contributed by atoms with van der Waals surface area (Å²) in [4.78, 5) is 28.5. The Morgan fingerprint density at radius 2 is 2.04 bits per heavy atom. The third-order valence-corrected chi connectivity index (χ3v) is 5.59. The van der Waals surface area contributed by atoms with Crippen molar-refractivity contribution in [3.63, 3.8) is 0 Å². The zero-order valence-corrected chi connectivity index (χ0v) is 15.5. The van der Waals surface area contributed by atoms with Gasteiger partial charge in [-0.2, -0.15) is 5.10 Å². The largest absolute Gasteiger partial charge is 0.441 e. The maximum atomic E-state index is 13.1. The molecule has 1 aromatic carbocycles. The lowest BCUT2D eigenvalue weighted by atomic mass is 9.91. The van der Waals surface area contributed by atoms with Gasteiger partial charge in [0.2, 0.25) is 0 Å². The summed E-state index contributed by atoms with van der Waals surface area (Å²) in [5, 5.41) is 5.36. The van der Waals surface area contributed by atoms with Gasteiger partial charge in [0.1, 0.15) is 5.60 Å². The quantitative estimate of drug-likeness (QED) is 0.828. The Bertz CT molecular complexity index is 880. The highest BCUT2D eigenvalue weighted by molar-refractivity contribution is 6.05. The number of carbonyl (C=O) groups is 2. The number of piperidine rings is 1. The monoisotopic (exact) mass is 356 g/mol. The lowest BCUT2D eigenvalue weighted by Gasteiger charge is -2.37. The Labute approximate surface area is 152 Å². The van der Waals surface area contributed by atoms with E-state index < -0.39 is 5.60 Å². The third kappa shape index (κ3) is 2.62. The minimum absolute atomic E-state index is 0.0484. The third-order valence-electron chi connectivity index (χ3n) is 5.59. The highest BCUT2D eigenvalue weighted by Crippen LogP contribution is 2.34. The number of aromatic nitrogens is 2. The van der Waals surface area contributed by atoms with E-state index in [0.29, 0.717) is 44.7 Å². The Kier molecular flexibility index (Phi) is 3.89. The molecule has 1 aromatic heterocycles. The minimum Gasteiger partial charge on any atom is -0.441 e. The zero-order chi connectivity index (χ0) is 18.5. The molecule has 0 atom stereocenters. The summed E-state index contributed by atoms with van der Waals surface area (Å²) in [6.07, 6.45) is 1.11. The number of likely N-dealkylation sites (N-methyl/N-ethyl adjacent to an activating group) is 1. The van der Waals surface area contributed by atoms with Gasteiger partial charge in [0.25, 0.3) is 5.91 Å². The second kappa shape index (κ2) is 6.00. The number of aryl methyl sites for hydroxylation is 2. The molecule has 2 aliphatic rings. The number of hydrogen-bond donors (Lipinski definition) is 0. The highest BCUT2D eigenvalue weighted by atomic mass is 16.6. The SMILES string of the molecule is CCN1CC2(CCN(C(=O)c3nn(C)c4ccc(C)cc34)CC2)OC1=O. The predicted octanol–water partition coefficient (Wildman–Crippen LogP) is 2.33. The summed E-state index contributed by atoms with van der Waals surface area (Å²) in [6.45, 7) is 6.39. The summed E-state index contributed by atoms with van der Waals surface area (Å²) in [5.74, 6) is -0.0484. The molecule has 26 heavy (non-hydrogen) atoms. The van der Waals surface area contributed by atoms with Crippen LogP contribution in [0.5, 0.6) is 0 Å². The second-order valence-electron chi connectivity index (χ2n) is 7.35. The van der Waals surface area contributed by atoms with Crippen molar-refractivity contribution in [2.75, 3.05) is 26.2 Å². The molecule has 1 spiro atoms. The molecule has 3 heterocycles. The predicted molar refractivity (Wildman–Crippen MR) is 97.0 cm³/mol. The van der Waals surface area contributed by atoms with E-state index in [9.17, 15) is 9.59 Å². The van der Waals surface area contributed by atoms with Crippen molar-refractivity contribution in [2.24, 2.45) is 7.05 Å². The van der Waals surface area contributed by atoms with Crippen LogP contribution in [0.15, 0.2) is 18.2 Å². The van der Waals surface area contributed by atoms with Gasteiger partial charge in [-0.1, -0.05) is 11.6 Å². The number of carbonyl (C=O) groups excluding carboxylic acids is 2. The fourth-order valence-electron chi connectivity index (χ4n) is 4.00. The van der Waals surface area contributed by atoms with Crippen LogP contribution in [-0.4, -0.2) is 63.4 Å². The molecule has 0 N–H and O–H groups in total. The lowest BCUT2D eigenvalue weighted by molar-refractivity contribution is 0.00301. The van der Waals surface area contributed by atoms with E-state index in [1.54, 1.807) is 9.58 Å².